The second-order valence-electron chi connectivity index (χ2n) is 3.80. The lowest BCUT2D eigenvalue weighted by Crippen LogP contribution is -2.35. The zero-order valence-electron chi connectivity index (χ0n) is 9.28. The monoisotopic (exact) mass is 190 g/mol. The van der Waals surface area contributed by atoms with Crippen molar-refractivity contribution in [3.8, 4) is 0 Å². The zero-order chi connectivity index (χ0) is 10.4. The van der Waals surface area contributed by atoms with Crippen LogP contribution in [-0.2, 0) is 9.47 Å². The molecule has 0 aromatic carbocycles. The van der Waals surface area contributed by atoms with Crippen molar-refractivity contribution in [1.29, 1.82) is 0 Å². The molecule has 3 heteroatoms. The molecule has 0 radical (unpaired) electrons. The summed E-state index contributed by atoms with van der Waals surface area (Å²) in [6, 6.07) is 0. The Hall–Kier alpha value is -0.120. The molecule has 0 rings (SSSR count). The molecule has 1 N–H and O–H groups in total. The molecule has 0 aromatic heterocycles. The van der Waals surface area contributed by atoms with E-state index < -0.39 is 0 Å². The van der Waals surface area contributed by atoms with E-state index in [4.69, 9.17) is 14.6 Å². The highest BCUT2D eigenvalue weighted by Crippen LogP contribution is 2.08. The van der Waals surface area contributed by atoms with Crippen LogP contribution >= 0.6 is 0 Å². The molecule has 0 aliphatic carbocycles. The Morgan fingerprint density at radius 3 is 1.69 bits per heavy atom. The van der Waals surface area contributed by atoms with Crippen molar-refractivity contribution in [2.75, 3.05) is 6.61 Å². The molecule has 0 aliphatic heterocycles. The summed E-state index contributed by atoms with van der Waals surface area (Å²) in [6.07, 6.45) is 0.00461. The Balaban J connectivity index is 3.91. The summed E-state index contributed by atoms with van der Waals surface area (Å²) in [4.78, 5) is 0. The van der Waals surface area contributed by atoms with Gasteiger partial charge in [0, 0.05) is 0 Å². The molecule has 0 saturated carbocycles. The quantitative estimate of drug-likeness (QED) is 0.691. The highest BCUT2D eigenvalue weighted by Gasteiger charge is 2.19. The topological polar surface area (TPSA) is 38.7 Å². The first-order valence-electron chi connectivity index (χ1n) is 4.89. The van der Waals surface area contributed by atoms with Crippen molar-refractivity contribution in [1.82, 2.24) is 0 Å². The minimum absolute atomic E-state index is 0.00602. The maximum Gasteiger partial charge on any atom is 0.107 e. The molecule has 0 spiro atoms. The third kappa shape index (κ3) is 6.02. The van der Waals surface area contributed by atoms with Gasteiger partial charge in [-0.25, -0.2) is 0 Å². The van der Waals surface area contributed by atoms with Crippen molar-refractivity contribution in [3.63, 3.8) is 0 Å². The first-order chi connectivity index (χ1) is 5.97. The summed E-state index contributed by atoms with van der Waals surface area (Å²) in [7, 11) is 0. The smallest absolute Gasteiger partial charge is 0.107 e. The van der Waals surface area contributed by atoms with Crippen LogP contribution in [0, 0.1) is 0 Å². The van der Waals surface area contributed by atoms with Crippen molar-refractivity contribution in [3.05, 3.63) is 0 Å². The Morgan fingerprint density at radius 1 is 0.923 bits per heavy atom. The Labute approximate surface area is 81.0 Å². The van der Waals surface area contributed by atoms with Crippen LogP contribution in [0.3, 0.4) is 0 Å². The van der Waals surface area contributed by atoms with Gasteiger partial charge in [-0.1, -0.05) is 0 Å². The maximum atomic E-state index is 9.05. The van der Waals surface area contributed by atoms with Crippen molar-refractivity contribution < 1.29 is 14.6 Å². The van der Waals surface area contributed by atoms with E-state index in [0.717, 1.165) is 0 Å². The fraction of sp³-hybridized carbons (Fsp3) is 1.00. The fourth-order valence-corrected chi connectivity index (χ4v) is 1.17. The van der Waals surface area contributed by atoms with E-state index in [2.05, 4.69) is 0 Å². The fourth-order valence-electron chi connectivity index (χ4n) is 1.17. The summed E-state index contributed by atoms with van der Waals surface area (Å²) in [5.41, 5.74) is 0. The Bertz CT molecular complexity index is 123. The van der Waals surface area contributed by atoms with Gasteiger partial charge in [-0.3, -0.25) is 0 Å². The molecular formula is C10H22O3. The standard InChI is InChI=1S/C10H22O3/c1-7(2)12-9(5)10(6-11)13-8(3)4/h7-11H,6H2,1-5H3. The van der Waals surface area contributed by atoms with E-state index in [1.807, 2.05) is 34.6 Å². The molecule has 3 nitrogen and oxygen atoms in total. The van der Waals surface area contributed by atoms with Crippen LogP contribution in [-0.4, -0.2) is 36.1 Å². The van der Waals surface area contributed by atoms with Gasteiger partial charge in [0.05, 0.1) is 24.9 Å². The van der Waals surface area contributed by atoms with Crippen molar-refractivity contribution in [2.45, 2.75) is 59.0 Å². The van der Waals surface area contributed by atoms with E-state index in [1.54, 1.807) is 0 Å². The third-order valence-electron chi connectivity index (χ3n) is 1.64. The van der Waals surface area contributed by atoms with Crippen molar-refractivity contribution in [2.24, 2.45) is 0 Å². The predicted octanol–water partition coefficient (Wildman–Crippen LogP) is 1.59. The normalized spacial score (nSPS) is 16.6. The van der Waals surface area contributed by atoms with Gasteiger partial charge in [0.15, 0.2) is 0 Å². The lowest BCUT2D eigenvalue weighted by Gasteiger charge is -2.26. The summed E-state index contributed by atoms with van der Waals surface area (Å²) >= 11 is 0. The molecule has 2 atom stereocenters. The van der Waals surface area contributed by atoms with Crippen LogP contribution in [0.4, 0.5) is 0 Å². The summed E-state index contributed by atoms with van der Waals surface area (Å²) in [5, 5.41) is 9.05. The first-order valence-corrected chi connectivity index (χ1v) is 4.89. The van der Waals surface area contributed by atoms with Gasteiger partial charge >= 0.3 is 0 Å². The van der Waals surface area contributed by atoms with Crippen molar-refractivity contribution >= 4 is 0 Å². The van der Waals surface area contributed by atoms with E-state index >= 15 is 0 Å². The summed E-state index contributed by atoms with van der Waals surface area (Å²) in [5.74, 6) is 0. The van der Waals surface area contributed by atoms with E-state index in [0.29, 0.717) is 0 Å². The van der Waals surface area contributed by atoms with Crippen LogP contribution in [0.1, 0.15) is 34.6 Å². The lowest BCUT2D eigenvalue weighted by atomic mass is 10.2. The van der Waals surface area contributed by atoms with Gasteiger partial charge < -0.3 is 14.6 Å². The lowest BCUT2D eigenvalue weighted by molar-refractivity contribution is -0.118. The summed E-state index contributed by atoms with van der Waals surface area (Å²) < 4.78 is 11.0. The minimum Gasteiger partial charge on any atom is -0.394 e. The van der Waals surface area contributed by atoms with Crippen LogP contribution in [0.25, 0.3) is 0 Å². The van der Waals surface area contributed by atoms with Gasteiger partial charge in [-0.15, -0.1) is 0 Å². The Morgan fingerprint density at radius 2 is 1.38 bits per heavy atom. The number of aliphatic hydroxyl groups excluding tert-OH is 1. The average molecular weight is 190 g/mol. The molecular weight excluding hydrogens is 168 g/mol. The molecule has 0 fully saturated rings. The van der Waals surface area contributed by atoms with E-state index in [-0.39, 0.29) is 31.0 Å². The average Bonchev–Trinajstić information content (AvgIpc) is 1.98. The molecule has 13 heavy (non-hydrogen) atoms. The predicted molar refractivity (Wildman–Crippen MR) is 52.8 cm³/mol. The molecule has 0 saturated heterocycles. The second kappa shape index (κ2) is 6.35. The number of rotatable bonds is 6. The zero-order valence-corrected chi connectivity index (χ0v) is 9.28. The number of hydrogen-bond acceptors (Lipinski definition) is 3. The molecule has 2 unspecified atom stereocenters. The second-order valence-corrected chi connectivity index (χ2v) is 3.80. The molecule has 0 amide bonds. The van der Waals surface area contributed by atoms with Crippen LogP contribution in [0.5, 0.6) is 0 Å². The molecule has 0 aliphatic rings. The molecule has 80 valence electrons. The molecule has 0 heterocycles. The van der Waals surface area contributed by atoms with Gasteiger partial charge in [-0.05, 0) is 34.6 Å². The number of ether oxygens (including phenoxy) is 2. The maximum absolute atomic E-state index is 9.05. The third-order valence-corrected chi connectivity index (χ3v) is 1.64. The van der Waals surface area contributed by atoms with Gasteiger partial charge in [0.1, 0.15) is 6.10 Å². The van der Waals surface area contributed by atoms with Crippen LogP contribution in [0.2, 0.25) is 0 Å². The highest BCUT2D eigenvalue weighted by atomic mass is 16.6. The van der Waals surface area contributed by atoms with Gasteiger partial charge in [0.2, 0.25) is 0 Å². The van der Waals surface area contributed by atoms with Gasteiger partial charge in [0.25, 0.3) is 0 Å². The Kier molecular flexibility index (Phi) is 6.29. The van der Waals surface area contributed by atoms with Crippen LogP contribution < -0.4 is 0 Å². The molecule has 0 aromatic rings. The number of hydrogen-bond donors (Lipinski definition) is 1. The largest absolute Gasteiger partial charge is 0.394 e. The minimum atomic E-state index is -0.220. The number of aliphatic hydroxyl groups is 1. The first kappa shape index (κ1) is 12.9. The van der Waals surface area contributed by atoms with E-state index in [1.165, 1.54) is 0 Å². The highest BCUT2D eigenvalue weighted by molar-refractivity contribution is 4.66. The molecule has 0 bridgehead atoms. The van der Waals surface area contributed by atoms with Gasteiger partial charge in [-0.2, -0.15) is 0 Å². The van der Waals surface area contributed by atoms with E-state index in [9.17, 15) is 0 Å². The SMILES string of the molecule is CC(C)OC(C)C(CO)OC(C)C. The van der Waals surface area contributed by atoms with Crippen LogP contribution in [0.15, 0.2) is 0 Å². The summed E-state index contributed by atoms with van der Waals surface area (Å²) in [6.45, 7) is 9.77.